The summed E-state index contributed by atoms with van der Waals surface area (Å²) in [4.78, 5) is 8.78. The lowest BCUT2D eigenvalue weighted by Crippen LogP contribution is -2.03. The number of nitrogens with two attached hydrogens (primary N) is 2. The van der Waals surface area contributed by atoms with Gasteiger partial charge in [0.15, 0.2) is 0 Å². The Kier molecular flexibility index (Phi) is 11.4. The summed E-state index contributed by atoms with van der Waals surface area (Å²) in [6.07, 6.45) is -1.33. The van der Waals surface area contributed by atoms with Crippen LogP contribution in [0.5, 0.6) is 0 Å². The SMILES string of the molecule is N#CCN.NC(=O)O. The average molecular weight is 117 g/mol. The van der Waals surface area contributed by atoms with E-state index in [2.05, 4.69) is 11.5 Å². The Labute approximate surface area is 46.5 Å². The van der Waals surface area contributed by atoms with Crippen molar-refractivity contribution in [1.29, 1.82) is 5.26 Å². The molecular weight excluding hydrogens is 110 g/mol. The third-order valence-corrected chi connectivity index (χ3v) is 0.0913. The van der Waals surface area contributed by atoms with Crippen LogP contribution in [0.1, 0.15) is 0 Å². The van der Waals surface area contributed by atoms with Crippen molar-refractivity contribution in [2.24, 2.45) is 11.5 Å². The van der Waals surface area contributed by atoms with E-state index in [0.717, 1.165) is 0 Å². The fraction of sp³-hybridized carbons (Fsp3) is 0.333. The molecule has 0 saturated carbocycles. The van der Waals surface area contributed by atoms with Crippen LogP contribution in [-0.2, 0) is 0 Å². The van der Waals surface area contributed by atoms with Crippen LogP contribution in [0, 0.1) is 11.3 Å². The first kappa shape index (κ1) is 9.87. The van der Waals surface area contributed by atoms with Gasteiger partial charge in [-0.1, -0.05) is 0 Å². The minimum Gasteiger partial charge on any atom is -0.465 e. The zero-order valence-corrected chi connectivity index (χ0v) is 4.16. The van der Waals surface area contributed by atoms with Gasteiger partial charge in [0, 0.05) is 0 Å². The lowest BCUT2D eigenvalue weighted by molar-refractivity contribution is 0.205. The van der Waals surface area contributed by atoms with Gasteiger partial charge in [-0.05, 0) is 0 Å². The zero-order chi connectivity index (χ0) is 6.99. The molecule has 0 saturated heterocycles. The van der Waals surface area contributed by atoms with Crippen LogP contribution in [0.2, 0.25) is 0 Å². The largest absolute Gasteiger partial charge is 0.465 e. The highest BCUT2D eigenvalue weighted by molar-refractivity contribution is 5.61. The van der Waals surface area contributed by atoms with Crippen molar-refractivity contribution in [1.82, 2.24) is 0 Å². The van der Waals surface area contributed by atoms with Crippen molar-refractivity contribution in [2.75, 3.05) is 6.54 Å². The van der Waals surface area contributed by atoms with Gasteiger partial charge in [-0.3, -0.25) is 0 Å². The van der Waals surface area contributed by atoms with E-state index in [9.17, 15) is 0 Å². The summed E-state index contributed by atoms with van der Waals surface area (Å²) in [5.74, 6) is 0. The summed E-state index contributed by atoms with van der Waals surface area (Å²) in [6, 6.07) is 1.71. The molecule has 0 atom stereocenters. The lowest BCUT2D eigenvalue weighted by atomic mass is 10.8. The quantitative estimate of drug-likeness (QED) is 0.356. The number of nitrogens with zero attached hydrogens (tertiary/aromatic N) is 1. The Morgan fingerprint density at radius 1 is 1.88 bits per heavy atom. The normalized spacial score (nSPS) is 5.50. The van der Waals surface area contributed by atoms with E-state index in [4.69, 9.17) is 15.2 Å². The van der Waals surface area contributed by atoms with Gasteiger partial charge in [0.05, 0.1) is 12.6 Å². The maximum absolute atomic E-state index is 8.78. The van der Waals surface area contributed by atoms with Crippen LogP contribution in [0.3, 0.4) is 0 Å². The van der Waals surface area contributed by atoms with E-state index >= 15 is 0 Å². The smallest absolute Gasteiger partial charge is 0.402 e. The van der Waals surface area contributed by atoms with Crippen molar-refractivity contribution in [3.8, 4) is 6.07 Å². The van der Waals surface area contributed by atoms with Gasteiger partial charge in [-0.2, -0.15) is 5.26 Å². The highest BCUT2D eigenvalue weighted by Gasteiger charge is 1.65. The molecule has 0 unspecified atom stereocenters. The number of amides is 1. The van der Waals surface area contributed by atoms with Crippen LogP contribution >= 0.6 is 0 Å². The minimum atomic E-state index is -1.33. The second-order valence-corrected chi connectivity index (χ2v) is 0.700. The van der Waals surface area contributed by atoms with E-state index < -0.39 is 6.09 Å². The van der Waals surface area contributed by atoms with E-state index in [0.29, 0.717) is 0 Å². The second kappa shape index (κ2) is 9.21. The third-order valence-electron chi connectivity index (χ3n) is 0.0913. The van der Waals surface area contributed by atoms with E-state index in [1.165, 1.54) is 0 Å². The Bertz CT molecular complexity index is 91.2. The lowest BCUT2D eigenvalue weighted by Gasteiger charge is -1.61. The van der Waals surface area contributed by atoms with Crippen molar-refractivity contribution in [3.63, 3.8) is 0 Å². The number of primary amides is 1. The summed E-state index contributed by atoms with van der Waals surface area (Å²) in [5, 5.41) is 14.7. The van der Waals surface area contributed by atoms with E-state index in [1.54, 1.807) is 6.07 Å². The molecule has 8 heavy (non-hydrogen) atoms. The van der Waals surface area contributed by atoms with Crippen LogP contribution < -0.4 is 11.5 Å². The first-order valence-corrected chi connectivity index (χ1v) is 1.70. The maximum Gasteiger partial charge on any atom is 0.402 e. The molecule has 0 spiro atoms. The third kappa shape index (κ3) is 833. The second-order valence-electron chi connectivity index (χ2n) is 0.700. The average Bonchev–Trinajstić information content (AvgIpc) is 1.65. The number of carboxylic acid groups (broad SMARTS) is 1. The van der Waals surface area contributed by atoms with Gasteiger partial charge in [0.25, 0.3) is 0 Å². The summed E-state index contributed by atoms with van der Waals surface area (Å²) in [6.45, 7) is 0.125. The van der Waals surface area contributed by atoms with Gasteiger partial charge in [0.2, 0.25) is 0 Å². The van der Waals surface area contributed by atoms with Gasteiger partial charge in [-0.15, -0.1) is 0 Å². The van der Waals surface area contributed by atoms with Crippen LogP contribution in [0.4, 0.5) is 4.79 Å². The van der Waals surface area contributed by atoms with Gasteiger partial charge >= 0.3 is 6.09 Å². The number of rotatable bonds is 0. The molecule has 0 rings (SSSR count). The highest BCUT2D eigenvalue weighted by atomic mass is 16.4. The summed E-state index contributed by atoms with van der Waals surface area (Å²) >= 11 is 0. The Morgan fingerprint density at radius 2 is 2.00 bits per heavy atom. The van der Waals surface area contributed by atoms with Crippen molar-refractivity contribution in [2.45, 2.75) is 0 Å². The molecule has 0 heterocycles. The van der Waals surface area contributed by atoms with Crippen molar-refractivity contribution < 1.29 is 9.90 Å². The highest BCUT2D eigenvalue weighted by Crippen LogP contribution is 1.34. The Balaban J connectivity index is 0. The standard InChI is InChI=1S/C2H4N2.CH3NO2/c3-1-2-4;2-1(3)4/h1,3H2;2H2,(H,3,4). The zero-order valence-electron chi connectivity index (χ0n) is 4.16. The molecule has 0 aliphatic heterocycles. The van der Waals surface area contributed by atoms with Gasteiger partial charge in [0.1, 0.15) is 0 Å². The fourth-order valence-electron chi connectivity index (χ4n) is 0. The van der Waals surface area contributed by atoms with Crippen LogP contribution in [-0.4, -0.2) is 17.7 Å². The van der Waals surface area contributed by atoms with Crippen LogP contribution in [0.15, 0.2) is 0 Å². The molecule has 5 nitrogen and oxygen atoms in total. The summed E-state index contributed by atoms with van der Waals surface area (Å²) in [5.41, 5.74) is 8.69. The molecule has 0 aromatic rings. The van der Waals surface area contributed by atoms with Crippen LogP contribution in [0.25, 0.3) is 0 Å². The molecule has 0 aromatic carbocycles. The predicted molar refractivity (Wildman–Crippen MR) is 26.9 cm³/mol. The number of hydrogen-bond acceptors (Lipinski definition) is 3. The molecule has 0 aliphatic carbocycles. The summed E-state index contributed by atoms with van der Waals surface area (Å²) < 4.78 is 0. The summed E-state index contributed by atoms with van der Waals surface area (Å²) in [7, 11) is 0. The molecular formula is C3H7N3O2. The predicted octanol–water partition coefficient (Wildman–Crippen LogP) is -0.908. The first-order chi connectivity index (χ1) is 3.65. The molecule has 0 fully saturated rings. The van der Waals surface area contributed by atoms with Crippen molar-refractivity contribution >= 4 is 6.09 Å². The van der Waals surface area contributed by atoms with Gasteiger partial charge < -0.3 is 16.6 Å². The van der Waals surface area contributed by atoms with Gasteiger partial charge in [-0.25, -0.2) is 4.79 Å². The topological polar surface area (TPSA) is 113 Å². The minimum absolute atomic E-state index is 0.125. The molecule has 0 aromatic heterocycles. The first-order valence-electron chi connectivity index (χ1n) is 1.70. The fourth-order valence-corrected chi connectivity index (χ4v) is 0. The molecule has 0 bridgehead atoms. The number of hydrogen-bond donors (Lipinski definition) is 3. The molecule has 46 valence electrons. The van der Waals surface area contributed by atoms with E-state index in [1.807, 2.05) is 0 Å². The Hall–Kier alpha value is -1.28. The molecule has 1 amide bonds. The monoisotopic (exact) mass is 117 g/mol. The number of carbonyl (C=O) groups is 1. The number of nitriles is 1. The Morgan fingerprint density at radius 3 is 2.00 bits per heavy atom. The molecule has 0 aliphatic rings. The molecule has 0 radical (unpaired) electrons. The molecule has 5 N–H and O–H groups in total. The van der Waals surface area contributed by atoms with E-state index in [-0.39, 0.29) is 6.54 Å². The molecule has 5 heteroatoms. The van der Waals surface area contributed by atoms with Crippen molar-refractivity contribution in [3.05, 3.63) is 0 Å². The maximum atomic E-state index is 8.78.